The fourth-order valence-corrected chi connectivity index (χ4v) is 4.08. The third-order valence-electron chi connectivity index (χ3n) is 5.40. The molecule has 0 saturated heterocycles. The number of carbonyl (C=O) groups excluding carboxylic acids is 3. The van der Waals surface area contributed by atoms with Gasteiger partial charge in [0.2, 0.25) is 0 Å². The van der Waals surface area contributed by atoms with Crippen LogP contribution in [0.4, 0.5) is 9.59 Å². The third-order valence-corrected chi connectivity index (χ3v) is 6.14. The molecule has 9 heteroatoms. The van der Waals surface area contributed by atoms with Crippen molar-refractivity contribution >= 4 is 34.1 Å². The van der Waals surface area contributed by atoms with E-state index < -0.39 is 30.3 Å². The van der Waals surface area contributed by atoms with Crippen molar-refractivity contribution in [3.8, 4) is 0 Å². The van der Waals surface area contributed by atoms with Crippen LogP contribution in [0.1, 0.15) is 36.5 Å². The van der Waals surface area contributed by atoms with Gasteiger partial charge in [0.1, 0.15) is 18.8 Å². The molecular formula is C24H27BrN2O6. The Morgan fingerprint density at radius 1 is 1.09 bits per heavy atom. The molecule has 2 aromatic rings. The fourth-order valence-electron chi connectivity index (χ4n) is 3.55. The van der Waals surface area contributed by atoms with E-state index in [-0.39, 0.29) is 13.0 Å². The maximum atomic E-state index is 12.8. The van der Waals surface area contributed by atoms with Crippen LogP contribution in [0.2, 0.25) is 0 Å². The van der Waals surface area contributed by atoms with Gasteiger partial charge in [-0.2, -0.15) is 0 Å². The van der Waals surface area contributed by atoms with E-state index in [1.165, 1.54) is 7.11 Å². The summed E-state index contributed by atoms with van der Waals surface area (Å²) in [5.41, 5.74) is 2.93. The predicted octanol–water partition coefficient (Wildman–Crippen LogP) is 4.54. The molecule has 1 heterocycles. The van der Waals surface area contributed by atoms with Crippen LogP contribution < -0.4 is 5.32 Å². The molecule has 0 bridgehead atoms. The zero-order valence-corrected chi connectivity index (χ0v) is 20.2. The maximum absolute atomic E-state index is 12.8. The van der Waals surface area contributed by atoms with Gasteiger partial charge in [-0.1, -0.05) is 65.3 Å². The molecule has 0 aliphatic carbocycles. The van der Waals surface area contributed by atoms with E-state index in [0.29, 0.717) is 19.5 Å². The number of rotatable bonds is 8. The lowest BCUT2D eigenvalue weighted by atomic mass is 10.1. The number of hydrogen-bond acceptors (Lipinski definition) is 6. The summed E-state index contributed by atoms with van der Waals surface area (Å²) in [6, 6.07) is 14.0. The molecule has 1 aliphatic rings. The minimum atomic E-state index is -1.01. The molecule has 176 valence electrons. The van der Waals surface area contributed by atoms with Gasteiger partial charge < -0.3 is 19.5 Å². The summed E-state index contributed by atoms with van der Waals surface area (Å²) in [6.07, 6.45) is -1.29. The van der Waals surface area contributed by atoms with Gasteiger partial charge in [-0.05, 0) is 29.2 Å². The highest BCUT2D eigenvalue weighted by atomic mass is 79.9. The second-order valence-corrected chi connectivity index (χ2v) is 8.52. The largest absolute Gasteiger partial charge is 0.467 e. The van der Waals surface area contributed by atoms with Crippen molar-refractivity contribution in [1.82, 2.24) is 10.2 Å². The van der Waals surface area contributed by atoms with Crippen molar-refractivity contribution in [2.45, 2.75) is 51.6 Å². The summed E-state index contributed by atoms with van der Waals surface area (Å²) in [7, 11) is 1.23. The van der Waals surface area contributed by atoms with Crippen molar-refractivity contribution in [3.63, 3.8) is 0 Å². The van der Waals surface area contributed by atoms with Crippen LogP contribution >= 0.6 is 15.9 Å². The minimum absolute atomic E-state index is 0.0673. The molecule has 3 rings (SSSR count). The van der Waals surface area contributed by atoms with E-state index in [0.717, 1.165) is 21.2 Å². The van der Waals surface area contributed by atoms with Crippen LogP contribution in [0.25, 0.3) is 0 Å². The van der Waals surface area contributed by atoms with Gasteiger partial charge >= 0.3 is 18.2 Å². The maximum Gasteiger partial charge on any atom is 0.410 e. The third kappa shape index (κ3) is 6.71. The summed E-state index contributed by atoms with van der Waals surface area (Å²) in [4.78, 5) is 38.9. The van der Waals surface area contributed by atoms with Crippen LogP contribution in [0, 0.1) is 0 Å². The summed E-state index contributed by atoms with van der Waals surface area (Å²) in [5.74, 6) is -0.640. The van der Waals surface area contributed by atoms with Gasteiger partial charge in [-0.3, -0.25) is 4.90 Å². The quantitative estimate of drug-likeness (QED) is 0.407. The van der Waals surface area contributed by atoms with Gasteiger partial charge in [-0.25, -0.2) is 14.4 Å². The van der Waals surface area contributed by atoms with Crippen LogP contribution in [-0.2, 0) is 38.7 Å². The van der Waals surface area contributed by atoms with E-state index >= 15 is 0 Å². The first kappa shape index (κ1) is 24.6. The normalized spacial score (nSPS) is 14.1. The Balaban J connectivity index is 1.55. The van der Waals surface area contributed by atoms with Gasteiger partial charge in [0.25, 0.3) is 0 Å². The molecule has 0 unspecified atom stereocenters. The Morgan fingerprint density at radius 2 is 1.85 bits per heavy atom. The van der Waals surface area contributed by atoms with Crippen molar-refractivity contribution in [3.05, 3.63) is 69.7 Å². The molecule has 0 aromatic heterocycles. The first-order valence-electron chi connectivity index (χ1n) is 10.7. The number of alkyl carbamates (subject to hydrolysis) is 1. The van der Waals surface area contributed by atoms with Gasteiger partial charge in [0, 0.05) is 17.4 Å². The van der Waals surface area contributed by atoms with Gasteiger partial charge in [0.05, 0.1) is 13.7 Å². The Kier molecular flexibility index (Phi) is 8.71. The number of esters is 1. The summed E-state index contributed by atoms with van der Waals surface area (Å²) in [5, 5.41) is 2.52. The molecule has 0 spiro atoms. The molecule has 0 saturated carbocycles. The number of methoxy groups -OCH3 is 1. The fraction of sp³-hybridized carbons (Fsp3) is 0.375. The molecule has 2 atom stereocenters. The van der Waals surface area contributed by atoms with Gasteiger partial charge in [0.15, 0.2) is 0 Å². The number of amides is 2. The van der Waals surface area contributed by atoms with E-state index in [4.69, 9.17) is 14.2 Å². The Morgan fingerprint density at radius 3 is 2.52 bits per heavy atom. The Labute approximate surface area is 201 Å². The second kappa shape index (κ2) is 11.7. The molecule has 8 nitrogen and oxygen atoms in total. The van der Waals surface area contributed by atoms with E-state index in [9.17, 15) is 14.4 Å². The zero-order chi connectivity index (χ0) is 23.8. The highest BCUT2D eigenvalue weighted by Crippen LogP contribution is 2.30. The number of fused-ring (bicyclic) bond motifs is 1. The molecule has 2 aromatic carbocycles. The van der Waals surface area contributed by atoms with Gasteiger partial charge in [-0.15, -0.1) is 0 Å². The monoisotopic (exact) mass is 518 g/mol. The summed E-state index contributed by atoms with van der Waals surface area (Å²) >= 11 is 3.51. The molecule has 0 fully saturated rings. The molecular weight excluding hydrogens is 492 g/mol. The van der Waals surface area contributed by atoms with E-state index in [1.54, 1.807) is 4.90 Å². The second-order valence-electron chi connectivity index (χ2n) is 7.67. The average Bonchev–Trinajstić information content (AvgIpc) is 3.28. The Bertz CT molecular complexity index is 984. The predicted molar refractivity (Wildman–Crippen MR) is 124 cm³/mol. The summed E-state index contributed by atoms with van der Waals surface area (Å²) < 4.78 is 16.6. The van der Waals surface area contributed by atoms with Crippen molar-refractivity contribution in [1.29, 1.82) is 0 Å². The highest BCUT2D eigenvalue weighted by molar-refractivity contribution is 9.10. The molecule has 1 aliphatic heterocycles. The molecule has 2 amide bonds. The topological polar surface area (TPSA) is 94.2 Å². The first-order valence-corrected chi connectivity index (χ1v) is 11.5. The Hall–Kier alpha value is -3.07. The van der Waals surface area contributed by atoms with Crippen molar-refractivity contribution < 1.29 is 28.6 Å². The number of halogens is 1. The van der Waals surface area contributed by atoms with Crippen LogP contribution in [0.3, 0.4) is 0 Å². The first-order chi connectivity index (χ1) is 15.9. The van der Waals surface area contributed by atoms with Crippen molar-refractivity contribution in [2.24, 2.45) is 0 Å². The van der Waals surface area contributed by atoms with Crippen molar-refractivity contribution in [2.75, 3.05) is 7.11 Å². The number of benzene rings is 2. The van der Waals surface area contributed by atoms with E-state index in [1.807, 2.05) is 55.5 Å². The zero-order valence-electron chi connectivity index (χ0n) is 18.6. The van der Waals surface area contributed by atoms with Crippen LogP contribution in [-0.4, -0.2) is 42.3 Å². The highest BCUT2D eigenvalue weighted by Gasteiger charge is 2.31. The average molecular weight is 519 g/mol. The molecule has 1 N–H and O–H groups in total. The summed E-state index contributed by atoms with van der Waals surface area (Å²) in [6.45, 7) is 2.80. The van der Waals surface area contributed by atoms with Crippen LogP contribution in [0.5, 0.6) is 0 Å². The molecule has 0 radical (unpaired) electrons. The minimum Gasteiger partial charge on any atom is -0.467 e. The lowest BCUT2D eigenvalue weighted by Gasteiger charge is -2.24. The van der Waals surface area contributed by atoms with E-state index in [2.05, 4.69) is 21.2 Å². The standard InChI is InChI=1S/C24H27BrN2O6/c1-3-18(33-24(30)27-13-17-10-7-11-20(25)19(17)14-27)12-21(22(28)31-2)26-23(29)32-15-16-8-5-4-6-9-16/h4-11,18,21H,3,12-15H2,1-2H3,(H,26,29)/t18-,21-/m0/s1. The number of carbonyl (C=O) groups is 3. The molecule has 33 heavy (non-hydrogen) atoms. The lowest BCUT2D eigenvalue weighted by Crippen LogP contribution is -2.44. The van der Waals surface area contributed by atoms with Crippen LogP contribution in [0.15, 0.2) is 53.0 Å². The number of hydrogen-bond donors (Lipinski definition) is 1. The number of ether oxygens (including phenoxy) is 3. The lowest BCUT2D eigenvalue weighted by molar-refractivity contribution is -0.144. The SMILES string of the molecule is CC[C@@H](C[C@H](NC(=O)OCc1ccccc1)C(=O)OC)OC(=O)N1Cc2cccc(Br)c2C1. The number of nitrogens with zero attached hydrogens (tertiary/aromatic N) is 1. The smallest absolute Gasteiger partial charge is 0.410 e. The number of nitrogens with one attached hydrogen (secondary N) is 1.